The van der Waals surface area contributed by atoms with Gasteiger partial charge in [0.2, 0.25) is 5.91 Å². The lowest BCUT2D eigenvalue weighted by molar-refractivity contribution is -0.117. The molecule has 0 aromatic heterocycles. The normalized spacial score (nSPS) is 24.5. The molecule has 0 spiro atoms. The van der Waals surface area contributed by atoms with Crippen LogP contribution in [0, 0.1) is 0 Å². The Bertz CT molecular complexity index is 647. The number of anilines is 1. The molecule has 3 fully saturated rings. The van der Waals surface area contributed by atoms with Crippen molar-refractivity contribution >= 4 is 17.5 Å². The van der Waals surface area contributed by atoms with Crippen LogP contribution in [0.2, 0.25) is 0 Å². The van der Waals surface area contributed by atoms with Crippen LogP contribution >= 0.6 is 0 Å². The highest BCUT2D eigenvalue weighted by atomic mass is 16.5. The molecule has 0 aliphatic carbocycles. The Morgan fingerprint density at radius 1 is 1.04 bits per heavy atom. The van der Waals surface area contributed by atoms with Gasteiger partial charge in [0.1, 0.15) is 0 Å². The molecule has 4 rings (SSSR count). The predicted molar refractivity (Wildman–Crippen MR) is 99.3 cm³/mol. The number of carbonyl (C=O) groups excluding carboxylic acids is 2. The van der Waals surface area contributed by atoms with E-state index in [1.54, 1.807) is 4.90 Å². The smallest absolute Gasteiger partial charge is 0.253 e. The van der Waals surface area contributed by atoms with Gasteiger partial charge in [-0.15, -0.1) is 0 Å². The molecule has 1 atom stereocenters. The third kappa shape index (κ3) is 3.76. The van der Waals surface area contributed by atoms with Gasteiger partial charge in [0.15, 0.2) is 0 Å². The van der Waals surface area contributed by atoms with Crippen molar-refractivity contribution in [1.29, 1.82) is 0 Å². The van der Waals surface area contributed by atoms with Crippen LogP contribution in [0.25, 0.3) is 0 Å². The molecule has 3 aliphatic heterocycles. The number of hydrogen-bond acceptors (Lipinski definition) is 4. The molecule has 6 nitrogen and oxygen atoms in total. The summed E-state index contributed by atoms with van der Waals surface area (Å²) >= 11 is 0. The summed E-state index contributed by atoms with van der Waals surface area (Å²) in [5.41, 5.74) is 1.60. The summed E-state index contributed by atoms with van der Waals surface area (Å²) in [5, 5.41) is 0. The molecule has 0 radical (unpaired) electrons. The van der Waals surface area contributed by atoms with Crippen LogP contribution in [0.1, 0.15) is 36.0 Å². The molecule has 140 valence electrons. The van der Waals surface area contributed by atoms with E-state index < -0.39 is 0 Å². The molecule has 0 N–H and O–H groups in total. The fraction of sp³-hybridized carbons (Fsp3) is 0.600. The highest BCUT2D eigenvalue weighted by Crippen LogP contribution is 2.22. The van der Waals surface area contributed by atoms with Crippen molar-refractivity contribution in [3.05, 3.63) is 29.8 Å². The van der Waals surface area contributed by atoms with Gasteiger partial charge in [-0.2, -0.15) is 0 Å². The van der Waals surface area contributed by atoms with Crippen LogP contribution < -0.4 is 4.90 Å². The first kappa shape index (κ1) is 17.5. The number of piperazine rings is 1. The van der Waals surface area contributed by atoms with E-state index in [0.29, 0.717) is 18.1 Å². The van der Waals surface area contributed by atoms with Crippen molar-refractivity contribution < 1.29 is 14.3 Å². The number of ether oxygens (including phenoxy) is 1. The Labute approximate surface area is 154 Å². The van der Waals surface area contributed by atoms with Crippen LogP contribution in [0.4, 0.5) is 5.69 Å². The molecule has 3 saturated heterocycles. The van der Waals surface area contributed by atoms with E-state index in [-0.39, 0.29) is 11.8 Å². The molecule has 26 heavy (non-hydrogen) atoms. The van der Waals surface area contributed by atoms with Crippen molar-refractivity contribution in [3.8, 4) is 0 Å². The van der Waals surface area contributed by atoms with Crippen LogP contribution in [0.3, 0.4) is 0 Å². The van der Waals surface area contributed by atoms with Gasteiger partial charge < -0.3 is 14.5 Å². The van der Waals surface area contributed by atoms with Crippen molar-refractivity contribution in [2.45, 2.75) is 31.8 Å². The summed E-state index contributed by atoms with van der Waals surface area (Å²) < 4.78 is 5.71. The summed E-state index contributed by atoms with van der Waals surface area (Å²) in [4.78, 5) is 30.7. The summed E-state index contributed by atoms with van der Waals surface area (Å²) in [6.45, 7) is 6.00. The van der Waals surface area contributed by atoms with Crippen molar-refractivity contribution in [1.82, 2.24) is 9.80 Å². The molecule has 6 heteroatoms. The first-order valence-electron chi connectivity index (χ1n) is 9.74. The maximum absolute atomic E-state index is 12.8. The highest BCUT2D eigenvalue weighted by molar-refractivity contribution is 5.97. The lowest BCUT2D eigenvalue weighted by Gasteiger charge is -2.35. The lowest BCUT2D eigenvalue weighted by Crippen LogP contribution is -2.50. The quantitative estimate of drug-likeness (QED) is 0.824. The molecule has 3 heterocycles. The molecule has 0 saturated carbocycles. The number of carbonyl (C=O) groups is 2. The highest BCUT2D eigenvalue weighted by Gasteiger charge is 2.26. The number of hydrogen-bond donors (Lipinski definition) is 0. The van der Waals surface area contributed by atoms with Gasteiger partial charge in [0.05, 0.1) is 6.10 Å². The Kier molecular flexibility index (Phi) is 5.22. The second-order valence-corrected chi connectivity index (χ2v) is 7.42. The maximum atomic E-state index is 12.8. The topological polar surface area (TPSA) is 53.1 Å². The largest absolute Gasteiger partial charge is 0.377 e. The fourth-order valence-electron chi connectivity index (χ4n) is 4.10. The van der Waals surface area contributed by atoms with Crippen LogP contribution in [-0.4, -0.2) is 73.6 Å². The van der Waals surface area contributed by atoms with E-state index in [2.05, 4.69) is 4.90 Å². The van der Waals surface area contributed by atoms with Crippen molar-refractivity contribution in [2.24, 2.45) is 0 Å². The molecule has 1 aromatic rings. The summed E-state index contributed by atoms with van der Waals surface area (Å²) in [6, 6.07) is 7.48. The molecule has 2 amide bonds. The first-order valence-corrected chi connectivity index (χ1v) is 9.74. The first-order chi connectivity index (χ1) is 12.7. The summed E-state index contributed by atoms with van der Waals surface area (Å²) in [6.07, 6.45) is 4.23. The minimum absolute atomic E-state index is 0.0843. The zero-order valence-electron chi connectivity index (χ0n) is 15.2. The van der Waals surface area contributed by atoms with Gasteiger partial charge in [-0.05, 0) is 43.5 Å². The third-order valence-corrected chi connectivity index (χ3v) is 5.64. The van der Waals surface area contributed by atoms with Gasteiger partial charge in [0.25, 0.3) is 5.91 Å². The minimum atomic E-state index is 0.0843. The van der Waals surface area contributed by atoms with E-state index >= 15 is 0 Å². The number of rotatable bonds is 4. The second kappa shape index (κ2) is 7.76. The average Bonchev–Trinajstić information content (AvgIpc) is 3.34. The van der Waals surface area contributed by atoms with Gasteiger partial charge in [-0.3, -0.25) is 14.5 Å². The van der Waals surface area contributed by atoms with E-state index in [9.17, 15) is 9.59 Å². The summed E-state index contributed by atoms with van der Waals surface area (Å²) in [5.74, 6) is 0.257. The number of benzene rings is 1. The van der Waals surface area contributed by atoms with Crippen molar-refractivity contribution in [3.63, 3.8) is 0 Å². The molecule has 3 aliphatic rings. The fourth-order valence-corrected chi connectivity index (χ4v) is 4.10. The van der Waals surface area contributed by atoms with Gasteiger partial charge >= 0.3 is 0 Å². The number of amides is 2. The predicted octanol–water partition coefficient (Wildman–Crippen LogP) is 1.75. The van der Waals surface area contributed by atoms with Gasteiger partial charge in [-0.1, -0.05) is 0 Å². The zero-order valence-corrected chi connectivity index (χ0v) is 15.2. The average molecular weight is 357 g/mol. The molecule has 1 unspecified atom stereocenters. The summed E-state index contributed by atoms with van der Waals surface area (Å²) in [7, 11) is 0. The molecular formula is C20H27N3O3. The van der Waals surface area contributed by atoms with Gasteiger partial charge in [0, 0.05) is 63.5 Å². The zero-order chi connectivity index (χ0) is 17.9. The van der Waals surface area contributed by atoms with Crippen LogP contribution in [-0.2, 0) is 9.53 Å². The Morgan fingerprint density at radius 2 is 1.81 bits per heavy atom. The Hall–Kier alpha value is -1.92. The SMILES string of the molecule is O=C(c1ccc(N2CCCC2=O)cc1)N1CCN(CC2CCCO2)CC1. The van der Waals surface area contributed by atoms with E-state index in [1.807, 2.05) is 29.2 Å². The van der Waals surface area contributed by atoms with E-state index in [1.165, 1.54) is 6.42 Å². The minimum Gasteiger partial charge on any atom is -0.377 e. The second-order valence-electron chi connectivity index (χ2n) is 7.42. The lowest BCUT2D eigenvalue weighted by atomic mass is 10.1. The van der Waals surface area contributed by atoms with Crippen molar-refractivity contribution in [2.75, 3.05) is 50.8 Å². The maximum Gasteiger partial charge on any atom is 0.253 e. The third-order valence-electron chi connectivity index (χ3n) is 5.64. The standard InChI is InChI=1S/C20H27N3O3/c24-19-4-1-9-23(19)17-7-5-16(6-8-17)20(25)22-12-10-21(11-13-22)15-18-3-2-14-26-18/h5-8,18H,1-4,9-15H2. The number of nitrogens with zero attached hydrogens (tertiary/aromatic N) is 3. The van der Waals surface area contributed by atoms with Crippen LogP contribution in [0.5, 0.6) is 0 Å². The Morgan fingerprint density at radius 3 is 2.42 bits per heavy atom. The van der Waals surface area contributed by atoms with Crippen LogP contribution in [0.15, 0.2) is 24.3 Å². The molecule has 0 bridgehead atoms. The monoisotopic (exact) mass is 357 g/mol. The van der Waals surface area contributed by atoms with Gasteiger partial charge in [-0.25, -0.2) is 0 Å². The van der Waals surface area contributed by atoms with E-state index in [0.717, 1.165) is 64.4 Å². The molecular weight excluding hydrogens is 330 g/mol. The van der Waals surface area contributed by atoms with E-state index in [4.69, 9.17) is 4.74 Å². The Balaban J connectivity index is 1.31. The molecule has 1 aromatic carbocycles.